The van der Waals surface area contributed by atoms with Crippen LogP contribution in [0.15, 0.2) is 65.9 Å². The molecule has 2 aromatic carbocycles. The Balaban J connectivity index is 2.19. The normalized spacial score (nSPS) is 14.8. The molecule has 2 aromatic rings. The molecule has 1 aliphatic rings. The van der Waals surface area contributed by atoms with E-state index in [-0.39, 0.29) is 0 Å². The van der Waals surface area contributed by atoms with Crippen molar-refractivity contribution in [2.24, 2.45) is 4.99 Å². The molecule has 3 nitrogen and oxygen atoms in total. The lowest BCUT2D eigenvalue weighted by Crippen LogP contribution is -2.29. The minimum Gasteiger partial charge on any atom is -0.361 e. The van der Waals surface area contributed by atoms with E-state index in [4.69, 9.17) is 4.99 Å². The highest BCUT2D eigenvalue weighted by atomic mass is 15.3. The average Bonchev–Trinajstić information content (AvgIpc) is 3.06. The second-order valence-electron chi connectivity index (χ2n) is 7.56. The number of hydrogen-bond donors (Lipinski definition) is 0. The summed E-state index contributed by atoms with van der Waals surface area (Å²) in [6.45, 7) is 9.78. The van der Waals surface area contributed by atoms with Crippen molar-refractivity contribution >= 4 is 11.5 Å². The fourth-order valence-corrected chi connectivity index (χ4v) is 3.30. The van der Waals surface area contributed by atoms with Crippen LogP contribution in [0.5, 0.6) is 0 Å². The topological polar surface area (TPSA) is 18.8 Å². The Morgan fingerprint density at radius 3 is 1.96 bits per heavy atom. The van der Waals surface area contributed by atoms with Crippen molar-refractivity contribution in [3.8, 4) is 0 Å². The molecule has 26 heavy (non-hydrogen) atoms. The van der Waals surface area contributed by atoms with Gasteiger partial charge in [-0.05, 0) is 23.0 Å². The Morgan fingerprint density at radius 1 is 0.846 bits per heavy atom. The second-order valence-corrected chi connectivity index (χ2v) is 7.56. The summed E-state index contributed by atoms with van der Waals surface area (Å²) < 4.78 is 0. The predicted molar refractivity (Wildman–Crippen MR) is 111 cm³/mol. The summed E-state index contributed by atoms with van der Waals surface area (Å²) >= 11 is 0. The van der Waals surface area contributed by atoms with Crippen LogP contribution in [-0.4, -0.2) is 29.4 Å². The molecule has 0 saturated carbocycles. The van der Waals surface area contributed by atoms with Gasteiger partial charge >= 0.3 is 0 Å². The maximum absolute atomic E-state index is 5.25. The monoisotopic (exact) mass is 347 g/mol. The largest absolute Gasteiger partial charge is 0.361 e. The summed E-state index contributed by atoms with van der Waals surface area (Å²) in [6, 6.07) is 17.1. The van der Waals surface area contributed by atoms with E-state index in [1.807, 2.05) is 0 Å². The molecule has 3 heteroatoms. The number of amidine groups is 1. The minimum atomic E-state index is 0.432. The van der Waals surface area contributed by atoms with Gasteiger partial charge in [0.05, 0.1) is 12.4 Å². The lowest BCUT2D eigenvalue weighted by atomic mass is 9.93. The molecule has 0 bridgehead atoms. The molecule has 0 aromatic heterocycles. The summed E-state index contributed by atoms with van der Waals surface area (Å²) in [5.41, 5.74) is 4.88. The summed E-state index contributed by atoms with van der Waals surface area (Å²) in [5, 5.41) is 0. The van der Waals surface area contributed by atoms with Crippen LogP contribution in [0.3, 0.4) is 0 Å². The van der Waals surface area contributed by atoms with Crippen LogP contribution in [0.1, 0.15) is 56.2 Å². The summed E-state index contributed by atoms with van der Waals surface area (Å²) in [6.07, 6.45) is 4.20. The lowest BCUT2D eigenvalue weighted by molar-refractivity contribution is 0.386. The first-order valence-corrected chi connectivity index (χ1v) is 9.39. The van der Waals surface area contributed by atoms with Crippen LogP contribution < -0.4 is 0 Å². The van der Waals surface area contributed by atoms with Gasteiger partial charge in [-0.25, -0.2) is 4.99 Å². The van der Waals surface area contributed by atoms with Crippen molar-refractivity contribution in [1.29, 1.82) is 0 Å². The first-order chi connectivity index (χ1) is 12.5. The Labute approximate surface area is 157 Å². The molecule has 0 saturated heterocycles. The molecule has 0 unspecified atom stereocenters. The Bertz CT molecular complexity index is 777. The fourth-order valence-electron chi connectivity index (χ4n) is 3.30. The molecule has 0 N–H and O–H groups in total. The molecule has 1 aliphatic heterocycles. The number of para-hydroxylation sites is 1. The van der Waals surface area contributed by atoms with Crippen molar-refractivity contribution in [2.75, 3.05) is 13.7 Å². The average molecular weight is 348 g/mol. The smallest absolute Gasteiger partial charge is 0.142 e. The van der Waals surface area contributed by atoms with Gasteiger partial charge in [0.25, 0.3) is 0 Å². The van der Waals surface area contributed by atoms with Crippen molar-refractivity contribution in [1.82, 2.24) is 9.80 Å². The standard InChI is InChI=1S/C23H29N3/c1-17(2)20-12-9-13-21(18(3)4)22(20)24-23(19-10-7-6-8-11-19)26-15-14-25(5)16-26/h6-15,17-18H,16H2,1-5H3. The number of hydrogen-bond acceptors (Lipinski definition) is 2. The van der Waals surface area contributed by atoms with E-state index in [1.165, 1.54) is 11.1 Å². The fraction of sp³-hybridized carbons (Fsp3) is 0.348. The Kier molecular flexibility index (Phi) is 5.46. The highest BCUT2D eigenvalue weighted by molar-refractivity contribution is 6.01. The van der Waals surface area contributed by atoms with Crippen molar-refractivity contribution in [2.45, 2.75) is 39.5 Å². The van der Waals surface area contributed by atoms with E-state index >= 15 is 0 Å². The highest BCUT2D eigenvalue weighted by Gasteiger charge is 2.20. The first kappa shape index (κ1) is 18.2. The lowest BCUT2D eigenvalue weighted by Gasteiger charge is -2.23. The predicted octanol–water partition coefficient (Wildman–Crippen LogP) is 5.69. The van der Waals surface area contributed by atoms with Gasteiger partial charge in [-0.2, -0.15) is 0 Å². The molecule has 3 rings (SSSR count). The van der Waals surface area contributed by atoms with E-state index in [0.29, 0.717) is 11.8 Å². The Hall–Kier alpha value is -2.55. The van der Waals surface area contributed by atoms with Crippen molar-refractivity contribution in [3.63, 3.8) is 0 Å². The molecule has 0 spiro atoms. The van der Waals surface area contributed by atoms with Crippen LogP contribution >= 0.6 is 0 Å². The molecule has 0 atom stereocenters. The van der Waals surface area contributed by atoms with Crippen LogP contribution in [0.4, 0.5) is 5.69 Å². The maximum Gasteiger partial charge on any atom is 0.142 e. The van der Waals surface area contributed by atoms with Gasteiger partial charge < -0.3 is 9.80 Å². The molecule has 1 heterocycles. The number of benzene rings is 2. The summed E-state index contributed by atoms with van der Waals surface area (Å²) in [5.74, 6) is 1.86. The maximum atomic E-state index is 5.25. The van der Waals surface area contributed by atoms with Gasteiger partial charge in [0.2, 0.25) is 0 Å². The van der Waals surface area contributed by atoms with Gasteiger partial charge in [-0.15, -0.1) is 0 Å². The number of aliphatic imine (C=N–C) groups is 1. The van der Waals surface area contributed by atoms with Crippen molar-refractivity contribution in [3.05, 3.63) is 77.6 Å². The van der Waals surface area contributed by atoms with Crippen molar-refractivity contribution < 1.29 is 0 Å². The zero-order valence-electron chi connectivity index (χ0n) is 16.5. The summed E-state index contributed by atoms with van der Waals surface area (Å²) in [7, 11) is 2.08. The van der Waals surface area contributed by atoms with Crippen LogP contribution in [0.25, 0.3) is 0 Å². The zero-order valence-corrected chi connectivity index (χ0v) is 16.5. The van der Waals surface area contributed by atoms with Gasteiger partial charge in [-0.1, -0.05) is 76.2 Å². The van der Waals surface area contributed by atoms with Gasteiger partial charge in [0.15, 0.2) is 0 Å². The van der Waals surface area contributed by atoms with E-state index in [2.05, 4.69) is 105 Å². The number of rotatable bonds is 4. The summed E-state index contributed by atoms with van der Waals surface area (Å²) in [4.78, 5) is 9.63. The molecule has 0 amide bonds. The second kappa shape index (κ2) is 7.77. The van der Waals surface area contributed by atoms with E-state index in [0.717, 1.165) is 23.8 Å². The first-order valence-electron chi connectivity index (χ1n) is 9.39. The third-order valence-corrected chi connectivity index (χ3v) is 4.74. The SMILES string of the molecule is CC(C)c1cccc(C(C)C)c1N=C(c1ccccc1)N1C=CN(C)C1. The van der Waals surface area contributed by atoms with Crippen LogP contribution in [0, 0.1) is 0 Å². The molecule has 0 fully saturated rings. The van der Waals surface area contributed by atoms with Crippen LogP contribution in [-0.2, 0) is 0 Å². The molecule has 0 aliphatic carbocycles. The zero-order chi connectivity index (χ0) is 18.7. The highest BCUT2D eigenvalue weighted by Crippen LogP contribution is 2.35. The molecular formula is C23H29N3. The quantitative estimate of drug-likeness (QED) is 0.523. The third kappa shape index (κ3) is 3.82. The Morgan fingerprint density at radius 2 is 1.46 bits per heavy atom. The molecular weight excluding hydrogens is 318 g/mol. The minimum absolute atomic E-state index is 0.432. The van der Waals surface area contributed by atoms with E-state index in [1.54, 1.807) is 0 Å². The van der Waals surface area contributed by atoms with E-state index in [9.17, 15) is 0 Å². The van der Waals surface area contributed by atoms with E-state index < -0.39 is 0 Å². The third-order valence-electron chi connectivity index (χ3n) is 4.74. The molecule has 136 valence electrons. The van der Waals surface area contributed by atoms with Gasteiger partial charge in [-0.3, -0.25) is 0 Å². The molecule has 0 radical (unpaired) electrons. The van der Waals surface area contributed by atoms with Gasteiger partial charge in [0.1, 0.15) is 5.84 Å². The van der Waals surface area contributed by atoms with Gasteiger partial charge in [0, 0.05) is 25.0 Å². The number of nitrogens with zero attached hydrogens (tertiary/aromatic N) is 3. The van der Waals surface area contributed by atoms with Crippen LogP contribution in [0.2, 0.25) is 0 Å².